The van der Waals surface area contributed by atoms with E-state index in [1.165, 1.54) is 16.9 Å². The van der Waals surface area contributed by atoms with E-state index in [2.05, 4.69) is 10.3 Å². The Morgan fingerprint density at radius 3 is 2.85 bits per heavy atom. The highest BCUT2D eigenvalue weighted by Crippen LogP contribution is 2.11. The number of carbonyl (C=O) groups is 1. The lowest BCUT2D eigenvalue weighted by molar-refractivity contribution is -0.138. The fraction of sp³-hybridized carbons (Fsp3) is 0.250. The molecule has 0 aliphatic rings. The van der Waals surface area contributed by atoms with Crippen molar-refractivity contribution in [2.75, 3.05) is 0 Å². The number of aromatic nitrogens is 3. The van der Waals surface area contributed by atoms with Gasteiger partial charge in [0.05, 0.1) is 12.2 Å². The van der Waals surface area contributed by atoms with Gasteiger partial charge in [-0.2, -0.15) is 0 Å². The van der Waals surface area contributed by atoms with E-state index in [0.717, 1.165) is 12.1 Å². The van der Waals surface area contributed by atoms with Crippen LogP contribution in [0.2, 0.25) is 0 Å². The monoisotopic (exact) mass is 282 g/mol. The molecule has 0 radical (unpaired) electrons. The van der Waals surface area contributed by atoms with Crippen molar-refractivity contribution in [2.45, 2.75) is 19.0 Å². The molecule has 1 heterocycles. The standard InChI is InChI=1S/C12H12F2N4O2/c13-8-2-1-7(10(14)3-8)5-18-6-9(16-17-18)4-11(15)12(19)20/h1-3,6,11H,4-5,15H2,(H,19,20). The van der Waals surface area contributed by atoms with Gasteiger partial charge in [0.1, 0.15) is 17.7 Å². The smallest absolute Gasteiger partial charge is 0.320 e. The van der Waals surface area contributed by atoms with E-state index in [1.54, 1.807) is 0 Å². The van der Waals surface area contributed by atoms with Gasteiger partial charge < -0.3 is 10.8 Å². The molecule has 0 saturated heterocycles. The zero-order chi connectivity index (χ0) is 14.7. The van der Waals surface area contributed by atoms with Crippen molar-refractivity contribution in [2.24, 2.45) is 5.73 Å². The van der Waals surface area contributed by atoms with Crippen LogP contribution >= 0.6 is 0 Å². The summed E-state index contributed by atoms with van der Waals surface area (Å²) in [4.78, 5) is 10.6. The Labute approximate surface area is 112 Å². The average molecular weight is 282 g/mol. The summed E-state index contributed by atoms with van der Waals surface area (Å²) >= 11 is 0. The summed E-state index contributed by atoms with van der Waals surface area (Å²) < 4.78 is 27.6. The number of nitrogens with two attached hydrogens (primary N) is 1. The largest absolute Gasteiger partial charge is 0.480 e. The molecule has 1 aromatic heterocycles. The number of aliphatic carboxylic acids is 1. The first-order chi connectivity index (χ1) is 9.45. The summed E-state index contributed by atoms with van der Waals surface area (Å²) in [5, 5.41) is 16.2. The number of rotatable bonds is 5. The Bertz CT molecular complexity index is 630. The van der Waals surface area contributed by atoms with Crippen LogP contribution in [0.1, 0.15) is 11.3 Å². The highest BCUT2D eigenvalue weighted by Gasteiger charge is 2.14. The van der Waals surface area contributed by atoms with Gasteiger partial charge in [-0.15, -0.1) is 5.10 Å². The lowest BCUT2D eigenvalue weighted by Crippen LogP contribution is -2.32. The minimum absolute atomic E-state index is 0.0290. The lowest BCUT2D eigenvalue weighted by atomic mass is 10.2. The van der Waals surface area contributed by atoms with Crippen molar-refractivity contribution >= 4 is 5.97 Å². The van der Waals surface area contributed by atoms with E-state index in [9.17, 15) is 13.6 Å². The van der Waals surface area contributed by atoms with Crippen molar-refractivity contribution in [3.63, 3.8) is 0 Å². The van der Waals surface area contributed by atoms with Gasteiger partial charge in [0.15, 0.2) is 0 Å². The van der Waals surface area contributed by atoms with Crippen molar-refractivity contribution < 1.29 is 18.7 Å². The molecule has 0 aliphatic carbocycles. The van der Waals surface area contributed by atoms with Crippen LogP contribution in [0, 0.1) is 11.6 Å². The second kappa shape index (κ2) is 5.74. The van der Waals surface area contributed by atoms with Crippen LogP contribution < -0.4 is 5.73 Å². The van der Waals surface area contributed by atoms with Crippen LogP contribution in [0.3, 0.4) is 0 Å². The molecule has 1 atom stereocenters. The van der Waals surface area contributed by atoms with Gasteiger partial charge >= 0.3 is 5.97 Å². The van der Waals surface area contributed by atoms with E-state index in [1.807, 2.05) is 0 Å². The molecule has 6 nitrogen and oxygen atoms in total. The second-order valence-electron chi connectivity index (χ2n) is 4.29. The SMILES string of the molecule is NC(Cc1cn(Cc2ccc(F)cc2F)nn1)C(=O)O. The van der Waals surface area contributed by atoms with Gasteiger partial charge in [0, 0.05) is 24.2 Å². The lowest BCUT2D eigenvalue weighted by Gasteiger charge is -2.03. The highest BCUT2D eigenvalue weighted by molar-refractivity contribution is 5.73. The number of benzene rings is 1. The fourth-order valence-electron chi connectivity index (χ4n) is 1.65. The minimum Gasteiger partial charge on any atom is -0.480 e. The molecule has 106 valence electrons. The predicted molar refractivity (Wildman–Crippen MR) is 64.8 cm³/mol. The number of hydrogen-bond donors (Lipinski definition) is 2. The van der Waals surface area contributed by atoms with Gasteiger partial charge in [-0.05, 0) is 6.07 Å². The van der Waals surface area contributed by atoms with Gasteiger partial charge in [0.25, 0.3) is 0 Å². The van der Waals surface area contributed by atoms with Crippen molar-refractivity contribution in [1.29, 1.82) is 0 Å². The van der Waals surface area contributed by atoms with Crippen LogP contribution in [-0.2, 0) is 17.8 Å². The molecule has 0 spiro atoms. The maximum atomic E-state index is 13.5. The third-order valence-corrected chi connectivity index (χ3v) is 2.68. The van der Waals surface area contributed by atoms with Crippen LogP contribution in [0.15, 0.2) is 24.4 Å². The molecule has 0 aliphatic heterocycles. The number of carboxylic acid groups (broad SMARTS) is 1. The molecule has 0 amide bonds. The van der Waals surface area contributed by atoms with E-state index in [-0.39, 0.29) is 18.5 Å². The summed E-state index contributed by atoms with van der Waals surface area (Å²) in [6, 6.07) is 2.18. The van der Waals surface area contributed by atoms with E-state index < -0.39 is 23.6 Å². The second-order valence-corrected chi connectivity index (χ2v) is 4.29. The number of nitrogens with zero attached hydrogens (tertiary/aromatic N) is 3. The molecule has 20 heavy (non-hydrogen) atoms. The molecule has 2 rings (SSSR count). The molecule has 8 heteroatoms. The zero-order valence-corrected chi connectivity index (χ0v) is 10.3. The molecule has 2 aromatic rings. The Hall–Kier alpha value is -2.35. The van der Waals surface area contributed by atoms with Crippen LogP contribution in [0.25, 0.3) is 0 Å². The minimum atomic E-state index is -1.14. The molecule has 0 saturated carbocycles. The molecule has 0 fully saturated rings. The third-order valence-electron chi connectivity index (χ3n) is 2.68. The number of carboxylic acids is 1. The van der Waals surface area contributed by atoms with Crippen molar-refractivity contribution in [3.8, 4) is 0 Å². The average Bonchev–Trinajstić information content (AvgIpc) is 2.80. The zero-order valence-electron chi connectivity index (χ0n) is 10.3. The third kappa shape index (κ3) is 3.35. The van der Waals surface area contributed by atoms with Gasteiger partial charge in [0.2, 0.25) is 0 Å². The normalized spacial score (nSPS) is 12.3. The first-order valence-corrected chi connectivity index (χ1v) is 5.77. The Kier molecular flexibility index (Phi) is 4.04. The molecular formula is C12H12F2N4O2. The Morgan fingerprint density at radius 2 is 2.20 bits per heavy atom. The summed E-state index contributed by atoms with van der Waals surface area (Å²) in [6.45, 7) is 0.0709. The first-order valence-electron chi connectivity index (χ1n) is 5.77. The Morgan fingerprint density at radius 1 is 1.45 bits per heavy atom. The molecular weight excluding hydrogens is 270 g/mol. The van der Waals surface area contributed by atoms with Gasteiger partial charge in [-0.25, -0.2) is 13.5 Å². The number of hydrogen-bond acceptors (Lipinski definition) is 4. The van der Waals surface area contributed by atoms with Crippen molar-refractivity contribution in [3.05, 3.63) is 47.3 Å². The quantitative estimate of drug-likeness (QED) is 0.835. The topological polar surface area (TPSA) is 94.0 Å². The summed E-state index contributed by atoms with van der Waals surface area (Å²) in [6.07, 6.45) is 1.51. The first kappa shape index (κ1) is 14.1. The highest BCUT2D eigenvalue weighted by atomic mass is 19.1. The number of halogens is 2. The maximum Gasteiger partial charge on any atom is 0.320 e. The van der Waals surface area contributed by atoms with E-state index in [4.69, 9.17) is 10.8 Å². The molecule has 1 unspecified atom stereocenters. The van der Waals surface area contributed by atoms with Gasteiger partial charge in [-0.1, -0.05) is 11.3 Å². The Balaban J connectivity index is 2.07. The summed E-state index contributed by atoms with van der Waals surface area (Å²) in [5.74, 6) is -2.47. The van der Waals surface area contributed by atoms with Gasteiger partial charge in [-0.3, -0.25) is 4.79 Å². The molecule has 1 aromatic carbocycles. The van der Waals surface area contributed by atoms with Crippen LogP contribution in [-0.4, -0.2) is 32.1 Å². The van der Waals surface area contributed by atoms with E-state index in [0.29, 0.717) is 5.69 Å². The van der Waals surface area contributed by atoms with Crippen LogP contribution in [0.4, 0.5) is 8.78 Å². The van der Waals surface area contributed by atoms with Crippen LogP contribution in [0.5, 0.6) is 0 Å². The summed E-state index contributed by atoms with van der Waals surface area (Å²) in [5.41, 5.74) is 6.02. The molecule has 3 N–H and O–H groups in total. The molecule has 0 bridgehead atoms. The fourth-order valence-corrected chi connectivity index (χ4v) is 1.65. The maximum absolute atomic E-state index is 13.5. The van der Waals surface area contributed by atoms with Crippen molar-refractivity contribution in [1.82, 2.24) is 15.0 Å². The van der Waals surface area contributed by atoms with E-state index >= 15 is 0 Å². The summed E-state index contributed by atoms with van der Waals surface area (Å²) in [7, 11) is 0. The predicted octanol–water partition coefficient (Wildman–Crippen LogP) is 0.559.